The fourth-order valence-corrected chi connectivity index (χ4v) is 14.7. The van der Waals surface area contributed by atoms with Gasteiger partial charge in [-0.1, -0.05) is 120 Å². The number of fused-ring (bicyclic) bond motifs is 17. The molecule has 3 aliphatic carbocycles. The molecule has 0 bridgehead atoms. The van der Waals surface area contributed by atoms with Gasteiger partial charge in [0.2, 0.25) is 0 Å². The van der Waals surface area contributed by atoms with Crippen LogP contribution in [0.2, 0.25) is 0 Å². The zero-order chi connectivity index (χ0) is 60.0. The third-order valence-electron chi connectivity index (χ3n) is 19.0. The molecule has 9 nitrogen and oxygen atoms in total. The van der Waals surface area contributed by atoms with Crippen molar-refractivity contribution in [1.82, 2.24) is 43.2 Å². The molecule has 3 aliphatic rings. The summed E-state index contributed by atoms with van der Waals surface area (Å²) in [6.07, 6.45) is 8.33. The Bertz CT molecular complexity index is 5920. The third kappa shape index (κ3) is 9.00. The van der Waals surface area contributed by atoms with Crippen LogP contribution in [-0.4, -0.2) is 43.2 Å². The average Bonchev–Trinajstić information content (AvgIpc) is 1.60. The summed E-state index contributed by atoms with van der Waals surface area (Å²) >= 11 is 0. The molecule has 0 saturated carbocycles. The predicted octanol–water partition coefficient (Wildman–Crippen LogP) is 18.1. The van der Waals surface area contributed by atoms with Crippen LogP contribution < -0.4 is 0 Å². The maximum atomic E-state index is 5.23. The Balaban J connectivity index is 0.000000141. The van der Waals surface area contributed by atoms with Crippen LogP contribution in [0.15, 0.2) is 237 Å². The largest absolute Gasteiger partial charge is 2.00 e. The minimum atomic E-state index is 0. The minimum Gasteiger partial charge on any atom is -0.367 e. The molecule has 0 atom stereocenters. The Labute approximate surface area is 564 Å². The van der Waals surface area contributed by atoms with Gasteiger partial charge in [-0.2, -0.15) is 0 Å². The first-order valence-electron chi connectivity index (χ1n) is 30.9. The molecular formula is C82H51N9Pt2. The summed E-state index contributed by atoms with van der Waals surface area (Å²) in [5.74, 6) is 1.80. The van der Waals surface area contributed by atoms with Gasteiger partial charge in [0.05, 0.1) is 33.7 Å². The molecule has 93 heavy (non-hydrogen) atoms. The van der Waals surface area contributed by atoms with Crippen molar-refractivity contribution in [2.45, 2.75) is 19.3 Å². The van der Waals surface area contributed by atoms with E-state index in [-0.39, 0.29) is 42.1 Å². The van der Waals surface area contributed by atoms with Crippen molar-refractivity contribution in [3.05, 3.63) is 295 Å². The van der Waals surface area contributed by atoms with Gasteiger partial charge in [-0.3, -0.25) is 9.97 Å². The predicted molar refractivity (Wildman–Crippen MR) is 365 cm³/mol. The molecule has 0 spiro atoms. The molecule has 0 radical (unpaired) electrons. The fraction of sp³-hybridized carbons (Fsp3) is 0.0610. The van der Waals surface area contributed by atoms with Gasteiger partial charge in [-0.15, -0.1) is 107 Å². The van der Waals surface area contributed by atoms with E-state index >= 15 is 0 Å². The van der Waals surface area contributed by atoms with Gasteiger partial charge in [0.15, 0.2) is 0 Å². The summed E-state index contributed by atoms with van der Waals surface area (Å²) in [6.45, 7) is 0. The van der Waals surface area contributed by atoms with Crippen LogP contribution in [0.4, 0.5) is 0 Å². The average molecular weight is 1550 g/mol. The smallest absolute Gasteiger partial charge is 0.367 e. The maximum Gasteiger partial charge on any atom is 2.00 e. The Morgan fingerprint density at radius 2 is 0.774 bits per heavy atom. The van der Waals surface area contributed by atoms with Crippen molar-refractivity contribution in [2.75, 3.05) is 0 Å². The summed E-state index contributed by atoms with van der Waals surface area (Å²) < 4.78 is 8.89. The van der Waals surface area contributed by atoms with Crippen molar-refractivity contribution in [1.29, 1.82) is 0 Å². The monoisotopic (exact) mass is 1550 g/mol. The SMILES string of the molecule is Cn1c(-c2[c-]c3c(cc2)c2cc4c(cc2n3-c2[c-]c(-c3ccccn3)ccc2)Cc2ccccc2-4)nc2cc3c(cc21)Cc1ccccc1-3.Cn1c(-c2[c-]c3c(cc2)c2cccnc2n3-c2[c-]c(-c3ccccn3)ccc2)nc2cc3c(cc21)Cc1ccccc1-3.[Pt+2].[Pt+2]. The number of benzene rings is 10. The summed E-state index contributed by atoms with van der Waals surface area (Å²) in [4.78, 5) is 24.3. The van der Waals surface area contributed by atoms with Crippen LogP contribution in [0.25, 0.3) is 156 Å². The number of hydrogen-bond donors (Lipinski definition) is 0. The van der Waals surface area contributed by atoms with Crippen molar-refractivity contribution in [3.8, 4) is 90.0 Å². The van der Waals surface area contributed by atoms with Gasteiger partial charge in [0.1, 0.15) is 5.65 Å². The van der Waals surface area contributed by atoms with Crippen molar-refractivity contribution < 1.29 is 42.1 Å². The summed E-state index contributed by atoms with van der Waals surface area (Å²) in [6, 6.07) is 92.3. The van der Waals surface area contributed by atoms with E-state index in [0.717, 1.165) is 136 Å². The van der Waals surface area contributed by atoms with E-state index in [1.807, 2.05) is 73.2 Å². The normalized spacial score (nSPS) is 12.3. The molecule has 10 aromatic carbocycles. The number of aromatic nitrogens is 9. The first-order chi connectivity index (χ1) is 44.9. The second kappa shape index (κ2) is 22.2. The molecule has 0 aliphatic heterocycles. The summed E-state index contributed by atoms with van der Waals surface area (Å²) in [7, 11) is 4.22. The molecule has 17 aromatic rings. The Morgan fingerprint density at radius 1 is 0.323 bits per heavy atom. The van der Waals surface area contributed by atoms with Gasteiger partial charge in [0.25, 0.3) is 0 Å². The molecule has 7 heterocycles. The van der Waals surface area contributed by atoms with E-state index in [1.165, 1.54) is 72.1 Å². The van der Waals surface area contributed by atoms with Crippen LogP contribution in [0, 0.1) is 24.3 Å². The number of hydrogen-bond acceptors (Lipinski definition) is 5. The van der Waals surface area contributed by atoms with Crippen LogP contribution in [0.3, 0.4) is 0 Å². The number of aryl methyl sites for hydroxylation is 2. The molecule has 0 amide bonds. The second-order valence-corrected chi connectivity index (χ2v) is 24.2. The molecule has 0 unspecified atom stereocenters. The van der Waals surface area contributed by atoms with Gasteiger partial charge < -0.3 is 28.2 Å². The molecule has 0 N–H and O–H groups in total. The second-order valence-electron chi connectivity index (χ2n) is 24.2. The standard InChI is InChI=1S/C45H28N4.C37H23N5.2Pt/c1-48-44-24-32-20-28-10-3-5-14-35(28)38(32)26-41(44)47-45(48)30-16-17-36-39-25-37-31(19-27-9-2-4-13-34(27)37)23-43(39)49(42(36)22-30)33-12-8-11-29(21-33)40-15-6-7-18-46-40;1-41-35-21-26-18-23-8-2-3-11-28(23)31(26)22-33(35)40-36(41)25-14-15-29-30-12-7-17-39-37(30)42(34(29)20-25)27-10-6-9-24(19-27)32-13-4-5-16-38-32;;/h2-18,23-26H,19-20H2,1H3;2-17,21-22H,18H2,1H3;;/q2*-2;2*+2. The zero-order valence-electron chi connectivity index (χ0n) is 50.3. The number of nitrogens with zero attached hydrogens (tertiary/aromatic N) is 9. The van der Waals surface area contributed by atoms with E-state index < -0.39 is 0 Å². The van der Waals surface area contributed by atoms with Crippen LogP contribution in [-0.2, 0) is 75.5 Å². The van der Waals surface area contributed by atoms with E-state index in [0.29, 0.717) is 0 Å². The first kappa shape index (κ1) is 56.5. The third-order valence-corrected chi connectivity index (χ3v) is 19.0. The molecule has 0 saturated heterocycles. The van der Waals surface area contributed by atoms with Crippen LogP contribution >= 0.6 is 0 Å². The van der Waals surface area contributed by atoms with Gasteiger partial charge in [0, 0.05) is 38.2 Å². The minimum absolute atomic E-state index is 0. The van der Waals surface area contributed by atoms with Crippen molar-refractivity contribution >= 4 is 65.8 Å². The van der Waals surface area contributed by atoms with Gasteiger partial charge in [-0.25, -0.2) is 4.98 Å². The molecule has 444 valence electrons. The van der Waals surface area contributed by atoms with E-state index in [4.69, 9.17) is 15.0 Å². The van der Waals surface area contributed by atoms with Gasteiger partial charge in [-0.05, 0) is 179 Å². The topological polar surface area (TPSA) is 84.2 Å². The molecule has 20 rings (SSSR count). The quantitative estimate of drug-likeness (QED) is 0.155. The van der Waals surface area contributed by atoms with Crippen LogP contribution in [0.5, 0.6) is 0 Å². The molecule has 7 aromatic heterocycles. The Hall–Kier alpha value is -10.4. The molecule has 0 fully saturated rings. The molecule has 11 heteroatoms. The van der Waals surface area contributed by atoms with Crippen molar-refractivity contribution in [2.24, 2.45) is 14.1 Å². The van der Waals surface area contributed by atoms with E-state index in [1.54, 1.807) is 0 Å². The number of pyridine rings is 3. The molecular weight excluding hydrogens is 1500 g/mol. The zero-order valence-corrected chi connectivity index (χ0v) is 54.8. The first-order valence-corrected chi connectivity index (χ1v) is 30.9. The van der Waals surface area contributed by atoms with E-state index in [2.05, 4.69) is 230 Å². The van der Waals surface area contributed by atoms with Crippen molar-refractivity contribution in [3.63, 3.8) is 0 Å². The van der Waals surface area contributed by atoms with E-state index in [9.17, 15) is 0 Å². The Morgan fingerprint density at radius 3 is 1.29 bits per heavy atom. The van der Waals surface area contributed by atoms with Crippen LogP contribution in [0.1, 0.15) is 33.4 Å². The Kier molecular flexibility index (Phi) is 13.5. The van der Waals surface area contributed by atoms with Gasteiger partial charge >= 0.3 is 42.1 Å². The number of rotatable bonds is 6. The maximum absolute atomic E-state index is 5.23. The number of imidazole rings is 2. The summed E-state index contributed by atoms with van der Waals surface area (Å²) in [5, 5.41) is 4.54. The fourth-order valence-electron chi connectivity index (χ4n) is 14.7. The summed E-state index contributed by atoms with van der Waals surface area (Å²) in [5.41, 5.74) is 31.8.